The van der Waals surface area contributed by atoms with E-state index in [-0.39, 0.29) is 5.60 Å². The van der Waals surface area contributed by atoms with Crippen molar-refractivity contribution in [2.45, 2.75) is 96.6 Å². The lowest BCUT2D eigenvalue weighted by Gasteiger charge is -2.51. The predicted octanol–water partition coefficient (Wildman–Crippen LogP) is 5.52. The summed E-state index contributed by atoms with van der Waals surface area (Å²) in [5, 5.41) is 0.386. The summed E-state index contributed by atoms with van der Waals surface area (Å²) >= 11 is 0. The fourth-order valence-electron chi connectivity index (χ4n) is 7.23. The molecule has 0 saturated heterocycles. The second kappa shape index (κ2) is 6.17. The summed E-state index contributed by atoms with van der Waals surface area (Å²) < 4.78 is 7.03. The summed E-state index contributed by atoms with van der Waals surface area (Å²) in [7, 11) is -0.547. The fraction of sp³-hybridized carbons (Fsp3) is 0.800. The zero-order valence-corrected chi connectivity index (χ0v) is 20.0. The highest BCUT2D eigenvalue weighted by atomic mass is 28.2. The van der Waals surface area contributed by atoms with Crippen molar-refractivity contribution in [2.24, 2.45) is 29.1 Å². The maximum Gasteiger partial charge on any atom is 0.168 e. The van der Waals surface area contributed by atoms with Crippen LogP contribution in [-0.2, 0) is 9.22 Å². The molecular formula is C25H38O2Si. The topological polar surface area (TPSA) is 26.3 Å². The Balaban J connectivity index is 1.41. The molecule has 154 valence electrons. The molecule has 0 unspecified atom stereocenters. The smallest absolute Gasteiger partial charge is 0.168 e. The highest BCUT2D eigenvalue weighted by molar-refractivity contribution is 6.32. The van der Waals surface area contributed by atoms with Gasteiger partial charge in [-0.1, -0.05) is 40.2 Å². The van der Waals surface area contributed by atoms with E-state index in [9.17, 15) is 4.79 Å². The van der Waals surface area contributed by atoms with Crippen LogP contribution < -0.4 is 0 Å². The molecule has 0 aromatic carbocycles. The van der Waals surface area contributed by atoms with Crippen LogP contribution in [0.5, 0.6) is 0 Å². The van der Waals surface area contributed by atoms with E-state index in [1.807, 2.05) is 6.08 Å². The van der Waals surface area contributed by atoms with Crippen molar-refractivity contribution in [1.82, 2.24) is 0 Å². The van der Waals surface area contributed by atoms with Crippen molar-refractivity contribution in [2.75, 3.05) is 0 Å². The first-order chi connectivity index (χ1) is 13.2. The van der Waals surface area contributed by atoms with Gasteiger partial charge in [0, 0.05) is 6.42 Å². The fourth-order valence-corrected chi connectivity index (χ4v) is 8.87. The molecule has 0 amide bonds. The third-order valence-corrected chi connectivity index (χ3v) is 12.2. The molecule has 0 heterocycles. The van der Waals surface area contributed by atoms with Crippen LogP contribution in [0.1, 0.15) is 86.0 Å². The molecule has 0 aromatic rings. The van der Waals surface area contributed by atoms with Crippen molar-refractivity contribution in [3.8, 4) is 0 Å². The van der Waals surface area contributed by atoms with Gasteiger partial charge in [-0.2, -0.15) is 0 Å². The lowest BCUT2D eigenvalue weighted by Crippen LogP contribution is -2.47. The first-order valence-electron chi connectivity index (χ1n) is 11.8. The molecule has 0 radical (unpaired) electrons. The molecule has 3 saturated carbocycles. The summed E-state index contributed by atoms with van der Waals surface area (Å²) in [6.45, 7) is 12.2. The Labute approximate surface area is 173 Å². The average Bonchev–Trinajstić information content (AvgIpc) is 3.30. The van der Waals surface area contributed by atoms with Gasteiger partial charge >= 0.3 is 0 Å². The maximum absolute atomic E-state index is 11.9. The molecule has 0 aromatic heterocycles. The molecule has 5 aliphatic carbocycles. The zero-order chi connectivity index (χ0) is 19.9. The summed E-state index contributed by atoms with van der Waals surface area (Å²) in [6, 6.07) is 0. The highest BCUT2D eigenvalue weighted by Gasteiger charge is 2.74. The van der Waals surface area contributed by atoms with Gasteiger partial charge in [0.05, 0.1) is 5.60 Å². The Hall–Kier alpha value is -0.673. The van der Waals surface area contributed by atoms with E-state index in [0.717, 1.165) is 37.0 Å². The second-order valence-electron chi connectivity index (χ2n) is 11.8. The number of hydrogen-bond donors (Lipinski definition) is 0. The van der Waals surface area contributed by atoms with E-state index in [0.29, 0.717) is 22.2 Å². The second-order valence-corrected chi connectivity index (χ2v) is 14.2. The van der Waals surface area contributed by atoms with Gasteiger partial charge in [-0.3, -0.25) is 4.79 Å². The Morgan fingerprint density at radius 3 is 2.75 bits per heavy atom. The van der Waals surface area contributed by atoms with Gasteiger partial charge < -0.3 is 4.43 Å². The van der Waals surface area contributed by atoms with Crippen LogP contribution in [0.25, 0.3) is 0 Å². The number of allylic oxidation sites excluding steroid dienone is 4. The molecule has 2 nitrogen and oxygen atoms in total. The molecule has 3 heteroatoms. The molecular weight excluding hydrogens is 360 g/mol. The quantitative estimate of drug-likeness (QED) is 0.583. The van der Waals surface area contributed by atoms with Crippen molar-refractivity contribution in [3.05, 3.63) is 22.8 Å². The molecule has 5 aliphatic rings. The normalized spacial score (nSPS) is 42.4. The van der Waals surface area contributed by atoms with Gasteiger partial charge in [0.25, 0.3) is 0 Å². The van der Waals surface area contributed by atoms with Crippen molar-refractivity contribution in [3.63, 3.8) is 0 Å². The van der Waals surface area contributed by atoms with Crippen LogP contribution in [0.15, 0.2) is 22.8 Å². The first kappa shape index (κ1) is 19.3. The molecule has 28 heavy (non-hydrogen) atoms. The number of carbonyl (C=O) groups is 1. The molecule has 5 rings (SSSR count). The minimum atomic E-state index is -0.547. The predicted molar refractivity (Wildman–Crippen MR) is 117 cm³/mol. The van der Waals surface area contributed by atoms with Crippen molar-refractivity contribution in [1.29, 1.82) is 0 Å². The van der Waals surface area contributed by atoms with Gasteiger partial charge in [-0.05, 0) is 96.3 Å². The number of fused-ring (bicyclic) bond motifs is 6. The van der Waals surface area contributed by atoms with Crippen molar-refractivity contribution < 1.29 is 9.22 Å². The lowest BCUT2D eigenvalue weighted by molar-refractivity contribution is -0.114. The van der Waals surface area contributed by atoms with E-state index in [1.54, 1.807) is 11.1 Å². The highest BCUT2D eigenvalue weighted by Crippen LogP contribution is 2.75. The van der Waals surface area contributed by atoms with Crippen LogP contribution in [0.4, 0.5) is 0 Å². The molecule has 5 atom stereocenters. The van der Waals surface area contributed by atoms with E-state index in [1.165, 1.54) is 37.7 Å². The number of carbonyl (C=O) groups excluding carboxylic acids is 1. The Morgan fingerprint density at radius 1 is 1.21 bits per heavy atom. The lowest BCUT2D eigenvalue weighted by atomic mass is 9.55. The molecule has 0 aliphatic heterocycles. The van der Waals surface area contributed by atoms with E-state index in [2.05, 4.69) is 34.6 Å². The summed E-state index contributed by atoms with van der Waals surface area (Å²) in [6.07, 6.45) is 11.4. The van der Waals surface area contributed by atoms with Gasteiger partial charge in [0.1, 0.15) is 0 Å². The Kier molecular flexibility index (Phi) is 4.25. The average molecular weight is 399 g/mol. The van der Waals surface area contributed by atoms with E-state index >= 15 is 0 Å². The van der Waals surface area contributed by atoms with Crippen LogP contribution in [0.3, 0.4) is 0 Å². The SMILES string of the molecule is CC(C)C(C)(C)[SiH2]O[C@@]12C[C@@H]1C[C@H]1[C@@H]3CCC4=CC(=O)CCC4=C3CC[C@@]12C. The molecule has 0 spiro atoms. The Morgan fingerprint density at radius 2 is 2.00 bits per heavy atom. The first-order valence-corrected chi connectivity index (χ1v) is 13.1. The van der Waals surface area contributed by atoms with Gasteiger partial charge in [0.15, 0.2) is 15.5 Å². The van der Waals surface area contributed by atoms with E-state index < -0.39 is 9.76 Å². The van der Waals surface area contributed by atoms with Crippen LogP contribution >= 0.6 is 0 Å². The summed E-state index contributed by atoms with van der Waals surface area (Å²) in [5.41, 5.74) is 5.36. The standard InChI is InChI=1S/C25H38O2Si/c1-15(2)23(3,4)28-27-25-14-17(25)13-22-21-8-6-16-12-18(26)7-9-19(16)20(21)10-11-24(22,25)5/h12,15,17,21-22H,6-11,13-14,28H2,1-5H3/t17-,21+,22-,24-,25-/m0/s1. The van der Waals surface area contributed by atoms with Crippen LogP contribution in [0, 0.1) is 29.1 Å². The summed E-state index contributed by atoms with van der Waals surface area (Å²) in [5.74, 6) is 3.47. The summed E-state index contributed by atoms with van der Waals surface area (Å²) in [4.78, 5) is 11.9. The minimum Gasteiger partial charge on any atom is -0.417 e. The number of ketones is 1. The largest absolute Gasteiger partial charge is 0.417 e. The zero-order valence-electron chi connectivity index (χ0n) is 18.6. The van der Waals surface area contributed by atoms with Gasteiger partial charge in [-0.15, -0.1) is 0 Å². The number of rotatable bonds is 4. The van der Waals surface area contributed by atoms with Crippen molar-refractivity contribution >= 4 is 15.5 Å². The van der Waals surface area contributed by atoms with Crippen LogP contribution in [-0.4, -0.2) is 21.1 Å². The van der Waals surface area contributed by atoms with E-state index in [4.69, 9.17) is 4.43 Å². The third-order valence-electron chi connectivity index (χ3n) is 9.94. The monoisotopic (exact) mass is 398 g/mol. The number of hydrogen-bond acceptors (Lipinski definition) is 2. The van der Waals surface area contributed by atoms with Gasteiger partial charge in [-0.25, -0.2) is 0 Å². The minimum absolute atomic E-state index is 0.227. The maximum atomic E-state index is 11.9. The molecule has 0 N–H and O–H groups in total. The third kappa shape index (κ3) is 2.57. The molecule has 0 bridgehead atoms. The molecule has 3 fully saturated rings. The van der Waals surface area contributed by atoms with Gasteiger partial charge in [0.2, 0.25) is 0 Å². The Bertz CT molecular complexity index is 775. The van der Waals surface area contributed by atoms with Crippen LogP contribution in [0.2, 0.25) is 5.04 Å².